The van der Waals surface area contributed by atoms with Gasteiger partial charge in [-0.05, 0) is 36.4 Å². The number of hydrogen-bond acceptors (Lipinski definition) is 5. The van der Waals surface area contributed by atoms with Crippen molar-refractivity contribution in [2.75, 3.05) is 38.2 Å². The van der Waals surface area contributed by atoms with Crippen LogP contribution in [0.25, 0.3) is 10.2 Å². The summed E-state index contributed by atoms with van der Waals surface area (Å²) in [5.41, 5.74) is 2.39. The quantitative estimate of drug-likeness (QED) is 0.726. The average Bonchev–Trinajstić information content (AvgIpc) is 3.05. The molecule has 0 unspecified atom stereocenters. The summed E-state index contributed by atoms with van der Waals surface area (Å²) in [4.78, 5) is 9.69. The monoisotopic (exact) mass is 339 g/mol. The molecule has 0 saturated carbocycles. The largest absolute Gasteiger partial charge is 0.497 e. The summed E-state index contributed by atoms with van der Waals surface area (Å²) in [6.07, 6.45) is 0. The molecule has 0 radical (unpaired) electrons. The number of rotatable bonds is 4. The summed E-state index contributed by atoms with van der Waals surface area (Å²) < 4.78 is 6.51. The van der Waals surface area contributed by atoms with E-state index in [0.29, 0.717) is 0 Å². The van der Waals surface area contributed by atoms with E-state index in [1.54, 1.807) is 7.11 Å². The van der Waals surface area contributed by atoms with Gasteiger partial charge in [-0.25, -0.2) is 4.98 Å². The van der Waals surface area contributed by atoms with Crippen molar-refractivity contribution in [3.63, 3.8) is 0 Å². The van der Waals surface area contributed by atoms with E-state index in [2.05, 4.69) is 46.2 Å². The molecule has 1 aliphatic rings. The maximum atomic E-state index is 5.23. The Bertz CT molecular complexity index is 774. The zero-order valence-electron chi connectivity index (χ0n) is 13.8. The Morgan fingerprint density at radius 3 is 2.46 bits per heavy atom. The van der Waals surface area contributed by atoms with Crippen LogP contribution in [0.15, 0.2) is 48.5 Å². The lowest BCUT2D eigenvalue weighted by molar-refractivity contribution is 0.249. The number of methoxy groups -OCH3 is 1. The number of aromatic nitrogens is 1. The third kappa shape index (κ3) is 3.23. The van der Waals surface area contributed by atoms with Crippen molar-refractivity contribution >= 4 is 27.2 Å². The molecule has 124 valence electrons. The van der Waals surface area contributed by atoms with Crippen LogP contribution in [-0.4, -0.2) is 43.2 Å². The number of hydrogen-bond donors (Lipinski definition) is 0. The topological polar surface area (TPSA) is 28.6 Å². The molecule has 1 aromatic heterocycles. The molecule has 0 bridgehead atoms. The number of nitrogens with zero attached hydrogens (tertiary/aromatic N) is 3. The highest BCUT2D eigenvalue weighted by molar-refractivity contribution is 7.18. The lowest BCUT2D eigenvalue weighted by Gasteiger charge is -2.35. The van der Waals surface area contributed by atoms with E-state index in [9.17, 15) is 0 Å². The molecule has 0 amide bonds. The normalized spacial score (nSPS) is 15.8. The number of anilines is 1. The molecule has 3 aromatic rings. The fourth-order valence-electron chi connectivity index (χ4n) is 3.14. The Morgan fingerprint density at radius 2 is 1.75 bits per heavy atom. The molecule has 4 nitrogen and oxygen atoms in total. The molecule has 1 fully saturated rings. The van der Waals surface area contributed by atoms with Crippen LogP contribution in [0.4, 0.5) is 5.69 Å². The van der Waals surface area contributed by atoms with Gasteiger partial charge >= 0.3 is 0 Å². The third-order valence-corrected chi connectivity index (χ3v) is 5.53. The minimum absolute atomic E-state index is 0.910. The van der Waals surface area contributed by atoms with Gasteiger partial charge in [-0.1, -0.05) is 12.1 Å². The van der Waals surface area contributed by atoms with Gasteiger partial charge in [0.05, 0.1) is 23.9 Å². The summed E-state index contributed by atoms with van der Waals surface area (Å²) in [5, 5.41) is 1.22. The van der Waals surface area contributed by atoms with Crippen LogP contribution in [0.1, 0.15) is 5.01 Å². The molecule has 0 aliphatic carbocycles. The van der Waals surface area contributed by atoms with Crippen LogP contribution in [-0.2, 0) is 6.54 Å². The number of piperazine rings is 1. The van der Waals surface area contributed by atoms with Gasteiger partial charge in [-0.15, -0.1) is 11.3 Å². The molecule has 24 heavy (non-hydrogen) atoms. The number of fused-ring (bicyclic) bond motifs is 1. The number of ether oxygens (including phenoxy) is 1. The number of thiazole rings is 1. The predicted molar refractivity (Wildman–Crippen MR) is 100 cm³/mol. The van der Waals surface area contributed by atoms with Crippen LogP contribution in [0, 0.1) is 0 Å². The molecule has 0 spiro atoms. The lowest BCUT2D eigenvalue weighted by Crippen LogP contribution is -2.45. The summed E-state index contributed by atoms with van der Waals surface area (Å²) in [7, 11) is 1.70. The summed E-state index contributed by atoms with van der Waals surface area (Å²) in [6, 6.07) is 16.7. The van der Waals surface area contributed by atoms with Crippen molar-refractivity contribution in [1.82, 2.24) is 9.88 Å². The third-order valence-electron chi connectivity index (χ3n) is 4.51. The summed E-state index contributed by atoms with van der Waals surface area (Å²) in [6.45, 7) is 5.20. The molecule has 1 aliphatic heterocycles. The van der Waals surface area contributed by atoms with E-state index in [-0.39, 0.29) is 0 Å². The van der Waals surface area contributed by atoms with Crippen molar-refractivity contribution in [1.29, 1.82) is 0 Å². The van der Waals surface area contributed by atoms with Crippen LogP contribution in [0.3, 0.4) is 0 Å². The van der Waals surface area contributed by atoms with Gasteiger partial charge in [0.1, 0.15) is 10.8 Å². The Labute approximate surface area is 146 Å². The Kier molecular flexibility index (Phi) is 4.36. The van der Waals surface area contributed by atoms with E-state index in [4.69, 9.17) is 9.72 Å². The minimum atomic E-state index is 0.910. The highest BCUT2D eigenvalue weighted by Gasteiger charge is 2.18. The molecule has 5 heteroatoms. The van der Waals surface area contributed by atoms with Crippen LogP contribution < -0.4 is 9.64 Å². The molecule has 1 saturated heterocycles. The van der Waals surface area contributed by atoms with Crippen molar-refractivity contribution in [2.45, 2.75) is 6.54 Å². The van der Waals surface area contributed by atoms with Gasteiger partial charge in [0.15, 0.2) is 0 Å². The maximum Gasteiger partial charge on any atom is 0.119 e. The molecular formula is C19H21N3OS. The first-order valence-electron chi connectivity index (χ1n) is 8.27. The first-order valence-corrected chi connectivity index (χ1v) is 9.09. The van der Waals surface area contributed by atoms with Crippen LogP contribution >= 0.6 is 11.3 Å². The molecule has 2 aromatic carbocycles. The first-order chi connectivity index (χ1) is 11.8. The summed E-state index contributed by atoms with van der Waals surface area (Å²) in [5.74, 6) is 0.910. The second-order valence-corrected chi connectivity index (χ2v) is 7.15. The highest BCUT2D eigenvalue weighted by atomic mass is 32.1. The molecule has 4 rings (SSSR count). The van der Waals surface area contributed by atoms with Gasteiger partial charge in [0.2, 0.25) is 0 Å². The average molecular weight is 339 g/mol. The predicted octanol–water partition coefficient (Wildman–Crippen LogP) is 3.63. The van der Waals surface area contributed by atoms with Crippen LogP contribution in [0.5, 0.6) is 5.75 Å². The second kappa shape index (κ2) is 6.79. The Balaban J connectivity index is 1.36. The van der Waals surface area contributed by atoms with E-state index in [1.165, 1.54) is 15.4 Å². The number of benzene rings is 2. The number of para-hydroxylation sites is 1. The molecule has 0 N–H and O–H groups in total. The zero-order chi connectivity index (χ0) is 16.4. The van der Waals surface area contributed by atoms with E-state index in [1.807, 2.05) is 23.5 Å². The van der Waals surface area contributed by atoms with Crippen molar-refractivity contribution in [3.8, 4) is 5.75 Å². The Morgan fingerprint density at radius 1 is 1.00 bits per heavy atom. The fourth-order valence-corrected chi connectivity index (χ4v) is 4.15. The lowest BCUT2D eigenvalue weighted by atomic mass is 10.2. The van der Waals surface area contributed by atoms with E-state index >= 15 is 0 Å². The SMILES string of the molecule is COc1ccc(N2CCN(Cc3nc4ccccc4s3)CC2)cc1. The van der Waals surface area contributed by atoms with Crippen molar-refractivity contribution in [3.05, 3.63) is 53.5 Å². The van der Waals surface area contributed by atoms with Gasteiger partial charge in [0, 0.05) is 31.9 Å². The first kappa shape index (κ1) is 15.4. The van der Waals surface area contributed by atoms with E-state index < -0.39 is 0 Å². The Hall–Kier alpha value is -2.11. The smallest absolute Gasteiger partial charge is 0.119 e. The zero-order valence-corrected chi connectivity index (χ0v) is 14.6. The van der Waals surface area contributed by atoms with Crippen molar-refractivity contribution in [2.24, 2.45) is 0 Å². The molecule has 2 heterocycles. The van der Waals surface area contributed by atoms with E-state index in [0.717, 1.165) is 44.0 Å². The maximum absolute atomic E-state index is 5.23. The molecule has 0 atom stereocenters. The van der Waals surface area contributed by atoms with Crippen LogP contribution in [0.2, 0.25) is 0 Å². The fraction of sp³-hybridized carbons (Fsp3) is 0.316. The van der Waals surface area contributed by atoms with Gasteiger partial charge in [-0.3, -0.25) is 4.90 Å². The van der Waals surface area contributed by atoms with Gasteiger partial charge in [0.25, 0.3) is 0 Å². The molecular weight excluding hydrogens is 318 g/mol. The van der Waals surface area contributed by atoms with Gasteiger partial charge in [-0.2, -0.15) is 0 Å². The minimum Gasteiger partial charge on any atom is -0.497 e. The summed E-state index contributed by atoms with van der Waals surface area (Å²) >= 11 is 1.81. The van der Waals surface area contributed by atoms with Crippen molar-refractivity contribution < 1.29 is 4.74 Å². The second-order valence-electron chi connectivity index (χ2n) is 6.04. The van der Waals surface area contributed by atoms with Gasteiger partial charge < -0.3 is 9.64 Å². The highest BCUT2D eigenvalue weighted by Crippen LogP contribution is 2.24. The standard InChI is InChI=1S/C19H21N3OS/c1-23-16-8-6-15(7-9-16)22-12-10-21(11-13-22)14-19-20-17-4-2-3-5-18(17)24-19/h2-9H,10-14H2,1H3.